The van der Waals surface area contributed by atoms with Crippen LogP contribution in [0, 0.1) is 10.1 Å². The molecule has 0 bridgehead atoms. The van der Waals surface area contributed by atoms with Crippen molar-refractivity contribution >= 4 is 23.5 Å². The van der Waals surface area contributed by atoms with Crippen molar-refractivity contribution in [3.05, 3.63) is 39.9 Å². The van der Waals surface area contributed by atoms with Crippen LogP contribution >= 0.6 is 0 Å². The average Bonchev–Trinajstić information content (AvgIpc) is 2.50. The average molecular weight is 309 g/mol. The molecule has 9 heteroatoms. The lowest BCUT2D eigenvalue weighted by Gasteiger charge is -2.06. The fourth-order valence-corrected chi connectivity index (χ4v) is 1.51. The quantitative estimate of drug-likeness (QED) is 0.398. The van der Waals surface area contributed by atoms with Crippen LogP contribution in [0.1, 0.15) is 5.56 Å². The Morgan fingerprint density at radius 1 is 1.23 bits per heavy atom. The molecule has 0 atom stereocenters. The van der Waals surface area contributed by atoms with E-state index in [1.165, 1.54) is 25.2 Å². The van der Waals surface area contributed by atoms with E-state index in [0.29, 0.717) is 0 Å². The Balaban J connectivity index is 2.46. The van der Waals surface area contributed by atoms with E-state index < -0.39 is 23.4 Å². The molecule has 0 aromatic heterocycles. The van der Waals surface area contributed by atoms with Crippen molar-refractivity contribution in [3.63, 3.8) is 0 Å². The highest BCUT2D eigenvalue weighted by Gasteiger charge is 2.17. The number of hydrogen-bond acceptors (Lipinski definition) is 6. The van der Waals surface area contributed by atoms with E-state index in [4.69, 9.17) is 4.74 Å². The molecule has 0 aliphatic rings. The van der Waals surface area contributed by atoms with Gasteiger partial charge in [0.2, 0.25) is 5.91 Å². The molecule has 0 saturated heterocycles. The minimum absolute atomic E-state index is 0.191. The SMILES string of the molecule is CNC(=O)CNC(=O)COC(=O)Cc1ccccc1[N+](=O)[O-]. The first-order chi connectivity index (χ1) is 10.4. The van der Waals surface area contributed by atoms with Gasteiger partial charge in [-0.15, -0.1) is 0 Å². The van der Waals surface area contributed by atoms with Crippen molar-refractivity contribution in [1.29, 1.82) is 0 Å². The summed E-state index contributed by atoms with van der Waals surface area (Å²) in [5.41, 5.74) is 0.00628. The van der Waals surface area contributed by atoms with E-state index in [1.54, 1.807) is 6.07 Å². The zero-order valence-electron chi connectivity index (χ0n) is 11.8. The normalized spacial score (nSPS) is 9.68. The second-order valence-corrected chi connectivity index (χ2v) is 4.17. The summed E-state index contributed by atoms with van der Waals surface area (Å²) >= 11 is 0. The second kappa shape index (κ2) is 8.35. The molecular formula is C13H15N3O6. The lowest BCUT2D eigenvalue weighted by molar-refractivity contribution is -0.385. The monoisotopic (exact) mass is 309 g/mol. The number of amides is 2. The molecule has 0 heterocycles. The molecule has 1 rings (SSSR count). The van der Waals surface area contributed by atoms with Crippen LogP contribution < -0.4 is 10.6 Å². The van der Waals surface area contributed by atoms with E-state index in [0.717, 1.165) is 0 Å². The van der Waals surface area contributed by atoms with Crippen LogP contribution in [0.4, 0.5) is 5.69 Å². The van der Waals surface area contributed by atoms with Gasteiger partial charge < -0.3 is 15.4 Å². The molecule has 9 nitrogen and oxygen atoms in total. The number of rotatable bonds is 7. The zero-order valence-corrected chi connectivity index (χ0v) is 11.8. The first-order valence-corrected chi connectivity index (χ1v) is 6.29. The van der Waals surface area contributed by atoms with E-state index >= 15 is 0 Å². The number of nitrogens with one attached hydrogen (secondary N) is 2. The molecular weight excluding hydrogens is 294 g/mol. The van der Waals surface area contributed by atoms with Gasteiger partial charge in [0, 0.05) is 18.7 Å². The van der Waals surface area contributed by atoms with Gasteiger partial charge >= 0.3 is 5.97 Å². The van der Waals surface area contributed by atoms with Crippen LogP contribution in [-0.2, 0) is 25.5 Å². The van der Waals surface area contributed by atoms with Crippen LogP contribution in [0.3, 0.4) is 0 Å². The van der Waals surface area contributed by atoms with Gasteiger partial charge in [0.05, 0.1) is 17.9 Å². The van der Waals surface area contributed by atoms with Crippen LogP contribution in [-0.4, -0.2) is 42.9 Å². The third-order valence-electron chi connectivity index (χ3n) is 2.61. The zero-order chi connectivity index (χ0) is 16.5. The number of carbonyl (C=O) groups excluding carboxylic acids is 3. The molecule has 0 saturated carbocycles. The van der Waals surface area contributed by atoms with Crippen molar-refractivity contribution in [3.8, 4) is 0 Å². The molecule has 0 aliphatic heterocycles. The number of nitro benzene ring substituents is 1. The summed E-state index contributed by atoms with van der Waals surface area (Å²) < 4.78 is 4.70. The number of nitro groups is 1. The molecule has 0 radical (unpaired) electrons. The van der Waals surface area contributed by atoms with Crippen LogP contribution in [0.2, 0.25) is 0 Å². The van der Waals surface area contributed by atoms with Crippen molar-refractivity contribution in [1.82, 2.24) is 10.6 Å². The number of ether oxygens (including phenoxy) is 1. The van der Waals surface area contributed by atoms with Gasteiger partial charge in [-0.25, -0.2) is 0 Å². The number of esters is 1. The minimum atomic E-state index is -0.774. The number of para-hydroxylation sites is 1. The van der Waals surface area contributed by atoms with Crippen molar-refractivity contribution in [2.45, 2.75) is 6.42 Å². The second-order valence-electron chi connectivity index (χ2n) is 4.17. The van der Waals surface area contributed by atoms with E-state index in [1.807, 2.05) is 0 Å². The molecule has 22 heavy (non-hydrogen) atoms. The van der Waals surface area contributed by atoms with Gasteiger partial charge in [0.1, 0.15) is 0 Å². The first kappa shape index (κ1) is 17.1. The molecule has 2 N–H and O–H groups in total. The Bertz CT molecular complexity index is 587. The minimum Gasteiger partial charge on any atom is -0.455 e. The summed E-state index contributed by atoms with van der Waals surface area (Å²) in [6.07, 6.45) is -0.320. The largest absolute Gasteiger partial charge is 0.455 e. The summed E-state index contributed by atoms with van der Waals surface area (Å²) in [7, 11) is 1.42. The fraction of sp³-hybridized carbons (Fsp3) is 0.308. The maximum atomic E-state index is 11.6. The Morgan fingerprint density at radius 2 is 1.91 bits per heavy atom. The standard InChI is InChI=1S/C13H15N3O6/c1-14-11(17)7-15-12(18)8-22-13(19)6-9-4-2-3-5-10(9)16(20)21/h2-5H,6-8H2,1H3,(H,14,17)(H,15,18). The molecule has 0 aliphatic carbocycles. The number of carbonyl (C=O) groups is 3. The number of nitrogens with zero attached hydrogens (tertiary/aromatic N) is 1. The lowest BCUT2D eigenvalue weighted by atomic mass is 10.1. The Kier molecular flexibility index (Phi) is 6.48. The lowest BCUT2D eigenvalue weighted by Crippen LogP contribution is -2.37. The molecule has 2 amide bonds. The predicted octanol–water partition coefficient (Wildman–Crippen LogP) is -0.457. The number of hydrogen-bond donors (Lipinski definition) is 2. The fourth-order valence-electron chi connectivity index (χ4n) is 1.51. The van der Waals surface area contributed by atoms with Crippen LogP contribution in [0.25, 0.3) is 0 Å². The third kappa shape index (κ3) is 5.57. The first-order valence-electron chi connectivity index (χ1n) is 6.29. The van der Waals surface area contributed by atoms with Gasteiger partial charge in [-0.1, -0.05) is 18.2 Å². The van der Waals surface area contributed by atoms with Gasteiger partial charge in [0.15, 0.2) is 6.61 Å². The molecule has 0 unspecified atom stereocenters. The Hall–Kier alpha value is -2.97. The van der Waals surface area contributed by atoms with Gasteiger partial charge in [0.25, 0.3) is 11.6 Å². The third-order valence-corrected chi connectivity index (χ3v) is 2.61. The number of benzene rings is 1. The summed E-state index contributed by atoms with van der Waals surface area (Å²) in [5, 5.41) is 15.4. The molecule has 118 valence electrons. The van der Waals surface area contributed by atoms with Crippen LogP contribution in [0.15, 0.2) is 24.3 Å². The number of likely N-dealkylation sites (N-methyl/N-ethyl adjacent to an activating group) is 1. The Labute approximate surface area is 125 Å². The summed E-state index contributed by atoms with van der Waals surface area (Å²) in [5.74, 6) is -1.80. The smallest absolute Gasteiger partial charge is 0.311 e. The molecule has 1 aromatic carbocycles. The molecule has 0 fully saturated rings. The Morgan fingerprint density at radius 3 is 2.55 bits per heavy atom. The van der Waals surface area contributed by atoms with Crippen molar-refractivity contribution < 1.29 is 24.0 Å². The van der Waals surface area contributed by atoms with Gasteiger partial charge in [-0.05, 0) is 0 Å². The predicted molar refractivity (Wildman–Crippen MR) is 74.8 cm³/mol. The van der Waals surface area contributed by atoms with E-state index in [2.05, 4.69) is 10.6 Å². The van der Waals surface area contributed by atoms with Crippen molar-refractivity contribution in [2.24, 2.45) is 0 Å². The molecule has 1 aromatic rings. The summed E-state index contributed by atoms with van der Waals surface area (Å²) in [6, 6.07) is 5.76. The highest BCUT2D eigenvalue weighted by Crippen LogP contribution is 2.18. The van der Waals surface area contributed by atoms with E-state index in [-0.39, 0.29) is 30.1 Å². The summed E-state index contributed by atoms with van der Waals surface area (Å²) in [4.78, 5) is 44.0. The molecule has 0 spiro atoms. The maximum Gasteiger partial charge on any atom is 0.311 e. The topological polar surface area (TPSA) is 128 Å². The van der Waals surface area contributed by atoms with Gasteiger partial charge in [-0.3, -0.25) is 24.5 Å². The van der Waals surface area contributed by atoms with Gasteiger partial charge in [-0.2, -0.15) is 0 Å². The summed E-state index contributed by atoms with van der Waals surface area (Å²) in [6.45, 7) is -0.784. The highest BCUT2D eigenvalue weighted by atomic mass is 16.6. The maximum absolute atomic E-state index is 11.6. The van der Waals surface area contributed by atoms with Crippen molar-refractivity contribution in [2.75, 3.05) is 20.2 Å². The van der Waals surface area contributed by atoms with Crippen LogP contribution in [0.5, 0.6) is 0 Å². The van der Waals surface area contributed by atoms with E-state index in [9.17, 15) is 24.5 Å². The highest BCUT2D eigenvalue weighted by molar-refractivity contribution is 5.86.